The lowest BCUT2D eigenvalue weighted by Gasteiger charge is -2.07. The van der Waals surface area contributed by atoms with Gasteiger partial charge in [0.2, 0.25) is 0 Å². The van der Waals surface area contributed by atoms with Gasteiger partial charge < -0.3 is 4.74 Å². The van der Waals surface area contributed by atoms with Gasteiger partial charge >= 0.3 is 0 Å². The zero-order chi connectivity index (χ0) is 20.7. The van der Waals surface area contributed by atoms with Gasteiger partial charge in [-0.2, -0.15) is 9.61 Å². The summed E-state index contributed by atoms with van der Waals surface area (Å²) in [5.41, 5.74) is 4.51. The minimum atomic E-state index is -0.264. The molecule has 5 rings (SSSR count). The van der Waals surface area contributed by atoms with Crippen molar-refractivity contribution < 1.29 is 4.74 Å². The summed E-state index contributed by atoms with van der Waals surface area (Å²) in [4.78, 5) is 17.5. The number of aryl methyl sites for hydroxylation is 1. The fourth-order valence-corrected chi connectivity index (χ4v) is 3.55. The Morgan fingerprint density at radius 1 is 0.967 bits per heavy atom. The van der Waals surface area contributed by atoms with Gasteiger partial charge in [-0.1, -0.05) is 42.5 Å². The van der Waals surface area contributed by atoms with Gasteiger partial charge in [0.25, 0.3) is 5.56 Å². The number of ether oxygens (including phenoxy) is 1. The molecule has 5 aromatic rings. The van der Waals surface area contributed by atoms with Gasteiger partial charge in [-0.05, 0) is 30.2 Å². The molecule has 0 aliphatic rings. The first-order chi connectivity index (χ1) is 14.7. The molecule has 3 aromatic heterocycles. The third-order valence-corrected chi connectivity index (χ3v) is 5.05. The summed E-state index contributed by atoms with van der Waals surface area (Å²) >= 11 is 0. The standard InChI is InChI=1S/C22H18N6O2/c1-14-18(16-6-4-3-5-7-16)20-25-24-19-21(28(20)26-14)23-13-27(22(19)29)12-15-8-10-17(30-2)11-9-15/h3-11,13H,12H2,1-2H3. The van der Waals surface area contributed by atoms with Crippen LogP contribution in [0.5, 0.6) is 5.75 Å². The monoisotopic (exact) mass is 398 g/mol. The third kappa shape index (κ3) is 2.89. The van der Waals surface area contributed by atoms with Crippen LogP contribution in [0.15, 0.2) is 65.7 Å². The number of benzene rings is 2. The van der Waals surface area contributed by atoms with E-state index in [0.717, 1.165) is 28.1 Å². The Bertz CT molecular complexity index is 1420. The first-order valence-electron chi connectivity index (χ1n) is 9.45. The van der Waals surface area contributed by atoms with Crippen molar-refractivity contribution in [2.45, 2.75) is 13.5 Å². The number of methoxy groups -OCH3 is 1. The van der Waals surface area contributed by atoms with Crippen molar-refractivity contribution in [1.29, 1.82) is 0 Å². The molecule has 0 aliphatic carbocycles. The van der Waals surface area contributed by atoms with Crippen molar-refractivity contribution >= 4 is 16.8 Å². The quantitative estimate of drug-likeness (QED) is 0.463. The number of hydrogen-bond acceptors (Lipinski definition) is 6. The molecule has 0 radical (unpaired) electrons. The predicted molar refractivity (Wildman–Crippen MR) is 113 cm³/mol. The zero-order valence-electron chi connectivity index (χ0n) is 16.5. The first kappa shape index (κ1) is 18.0. The SMILES string of the molecule is COc1ccc(Cn2cnc3c(nnc4c(-c5ccccc5)c(C)nn43)c2=O)cc1. The predicted octanol–water partition coefficient (Wildman–Crippen LogP) is 2.87. The lowest BCUT2D eigenvalue weighted by molar-refractivity contribution is 0.414. The van der Waals surface area contributed by atoms with Crippen LogP contribution in [0.3, 0.4) is 0 Å². The molecule has 0 spiro atoms. The maximum Gasteiger partial charge on any atom is 0.283 e. The highest BCUT2D eigenvalue weighted by Crippen LogP contribution is 2.27. The Labute approximate surface area is 171 Å². The van der Waals surface area contributed by atoms with Gasteiger partial charge in [0.15, 0.2) is 16.8 Å². The van der Waals surface area contributed by atoms with Gasteiger partial charge in [-0.15, -0.1) is 10.2 Å². The molecule has 0 fully saturated rings. The Balaban J connectivity index is 1.62. The average Bonchev–Trinajstić information content (AvgIpc) is 3.13. The van der Waals surface area contributed by atoms with Crippen LogP contribution in [-0.2, 0) is 6.54 Å². The highest BCUT2D eigenvalue weighted by molar-refractivity contribution is 5.83. The minimum Gasteiger partial charge on any atom is -0.497 e. The van der Waals surface area contributed by atoms with E-state index in [1.54, 1.807) is 11.6 Å². The third-order valence-electron chi connectivity index (χ3n) is 5.05. The van der Waals surface area contributed by atoms with E-state index in [4.69, 9.17) is 4.74 Å². The molecular weight excluding hydrogens is 380 g/mol. The largest absolute Gasteiger partial charge is 0.497 e. The second kappa shape index (κ2) is 7.07. The van der Waals surface area contributed by atoms with Crippen molar-refractivity contribution in [1.82, 2.24) is 29.4 Å². The van der Waals surface area contributed by atoms with Crippen LogP contribution < -0.4 is 10.3 Å². The molecule has 30 heavy (non-hydrogen) atoms. The maximum absolute atomic E-state index is 13.0. The minimum absolute atomic E-state index is 0.181. The van der Waals surface area contributed by atoms with E-state index in [0.29, 0.717) is 17.8 Å². The van der Waals surface area contributed by atoms with E-state index in [1.807, 2.05) is 61.5 Å². The smallest absolute Gasteiger partial charge is 0.283 e. The summed E-state index contributed by atoms with van der Waals surface area (Å²) in [6.07, 6.45) is 1.52. The average molecular weight is 398 g/mol. The molecule has 0 aliphatic heterocycles. The lowest BCUT2D eigenvalue weighted by atomic mass is 10.1. The molecule has 0 atom stereocenters. The molecule has 0 bridgehead atoms. The van der Waals surface area contributed by atoms with Crippen molar-refractivity contribution in [2.24, 2.45) is 0 Å². The molecule has 148 valence electrons. The number of hydrogen-bond donors (Lipinski definition) is 0. The summed E-state index contributed by atoms with van der Waals surface area (Å²) in [6.45, 7) is 2.28. The van der Waals surface area contributed by atoms with Gasteiger partial charge in [-0.3, -0.25) is 9.36 Å². The maximum atomic E-state index is 13.0. The number of aromatic nitrogens is 6. The summed E-state index contributed by atoms with van der Waals surface area (Å²) < 4.78 is 8.29. The van der Waals surface area contributed by atoms with Crippen LogP contribution in [0.4, 0.5) is 0 Å². The molecule has 0 saturated heterocycles. The molecule has 2 aromatic carbocycles. The van der Waals surface area contributed by atoms with Gasteiger partial charge in [-0.25, -0.2) is 4.98 Å². The van der Waals surface area contributed by atoms with Crippen LogP contribution in [0, 0.1) is 6.92 Å². The van der Waals surface area contributed by atoms with Gasteiger partial charge in [0, 0.05) is 0 Å². The van der Waals surface area contributed by atoms with E-state index < -0.39 is 0 Å². The summed E-state index contributed by atoms with van der Waals surface area (Å²) in [5.74, 6) is 0.763. The second-order valence-electron chi connectivity index (χ2n) is 6.96. The van der Waals surface area contributed by atoms with Crippen LogP contribution in [0.2, 0.25) is 0 Å². The second-order valence-corrected chi connectivity index (χ2v) is 6.96. The summed E-state index contributed by atoms with van der Waals surface area (Å²) in [7, 11) is 1.62. The molecule has 3 heterocycles. The van der Waals surface area contributed by atoms with Crippen molar-refractivity contribution in [3.63, 3.8) is 0 Å². The normalized spacial score (nSPS) is 11.3. The number of fused-ring (bicyclic) bond motifs is 3. The lowest BCUT2D eigenvalue weighted by Crippen LogP contribution is -2.23. The Hall–Kier alpha value is -4.07. The fourth-order valence-electron chi connectivity index (χ4n) is 3.55. The summed E-state index contributed by atoms with van der Waals surface area (Å²) in [5, 5.41) is 13.1. The number of rotatable bonds is 4. The first-order valence-corrected chi connectivity index (χ1v) is 9.45. The molecule has 0 amide bonds. The van der Waals surface area contributed by atoms with E-state index >= 15 is 0 Å². The molecule has 0 N–H and O–H groups in total. The highest BCUT2D eigenvalue weighted by atomic mass is 16.5. The van der Waals surface area contributed by atoms with Crippen LogP contribution in [0.25, 0.3) is 27.9 Å². The van der Waals surface area contributed by atoms with E-state index in [1.165, 1.54) is 10.9 Å². The van der Waals surface area contributed by atoms with Crippen LogP contribution in [-0.4, -0.2) is 36.5 Å². The van der Waals surface area contributed by atoms with E-state index in [2.05, 4.69) is 20.3 Å². The van der Waals surface area contributed by atoms with Crippen molar-refractivity contribution in [2.75, 3.05) is 7.11 Å². The Morgan fingerprint density at radius 3 is 2.47 bits per heavy atom. The van der Waals surface area contributed by atoms with Gasteiger partial charge in [0.05, 0.1) is 24.9 Å². The summed E-state index contributed by atoms with van der Waals surface area (Å²) in [6, 6.07) is 17.4. The fraction of sp³-hybridized carbons (Fsp3) is 0.136. The topological polar surface area (TPSA) is 87.2 Å². The van der Waals surface area contributed by atoms with Crippen LogP contribution >= 0.6 is 0 Å². The molecule has 8 heteroatoms. The highest BCUT2D eigenvalue weighted by Gasteiger charge is 2.18. The Morgan fingerprint density at radius 2 is 1.73 bits per heavy atom. The number of nitrogens with zero attached hydrogens (tertiary/aromatic N) is 6. The Kier molecular flexibility index (Phi) is 4.24. The molecule has 8 nitrogen and oxygen atoms in total. The van der Waals surface area contributed by atoms with Gasteiger partial charge in [0.1, 0.15) is 12.1 Å². The molecular formula is C22H18N6O2. The molecule has 0 saturated carbocycles. The van der Waals surface area contributed by atoms with E-state index in [9.17, 15) is 4.79 Å². The zero-order valence-corrected chi connectivity index (χ0v) is 16.5. The van der Waals surface area contributed by atoms with Crippen LogP contribution in [0.1, 0.15) is 11.3 Å². The van der Waals surface area contributed by atoms with Crippen molar-refractivity contribution in [3.8, 4) is 16.9 Å². The molecule has 0 unspecified atom stereocenters. The van der Waals surface area contributed by atoms with Crippen molar-refractivity contribution in [3.05, 3.63) is 82.5 Å². The van der Waals surface area contributed by atoms with E-state index in [-0.39, 0.29) is 11.1 Å².